The number of carbonyl (C=O) groups excluding carboxylic acids is 1. The smallest absolute Gasteiger partial charge is 0.223 e. The van der Waals surface area contributed by atoms with Crippen LogP contribution in [-0.4, -0.2) is 5.91 Å². The van der Waals surface area contributed by atoms with E-state index in [9.17, 15) is 4.79 Å². The Hall–Kier alpha value is -1.51. The number of hydrogen-bond acceptors (Lipinski definition) is 2. The molecular weight excluding hydrogens is 212 g/mol. The van der Waals surface area contributed by atoms with Gasteiger partial charge in [-0.25, -0.2) is 0 Å². The second-order valence-corrected chi connectivity index (χ2v) is 4.88. The standard InChI is InChI=1S/C14H22N2O/c1-9(2)10(3)14(17)16-8-12-6-5-7-13(15)11(12)4/h5-7,9-10H,8,15H2,1-4H3,(H,16,17). The van der Waals surface area contributed by atoms with Gasteiger partial charge in [-0.3, -0.25) is 4.79 Å². The molecule has 0 spiro atoms. The fraction of sp³-hybridized carbons (Fsp3) is 0.500. The van der Waals surface area contributed by atoms with Crippen LogP contribution in [0.15, 0.2) is 18.2 Å². The van der Waals surface area contributed by atoms with Crippen LogP contribution < -0.4 is 11.1 Å². The Bertz CT molecular complexity index is 399. The van der Waals surface area contributed by atoms with Crippen LogP contribution in [0.5, 0.6) is 0 Å². The molecule has 0 saturated carbocycles. The van der Waals surface area contributed by atoms with E-state index in [1.165, 1.54) is 0 Å². The molecule has 94 valence electrons. The molecule has 1 atom stereocenters. The van der Waals surface area contributed by atoms with Gasteiger partial charge in [0.25, 0.3) is 0 Å². The highest BCUT2D eigenvalue weighted by Gasteiger charge is 2.16. The Kier molecular flexibility index (Phi) is 4.55. The maximum Gasteiger partial charge on any atom is 0.223 e. The molecule has 1 aromatic rings. The van der Waals surface area contributed by atoms with Gasteiger partial charge < -0.3 is 11.1 Å². The molecule has 0 radical (unpaired) electrons. The molecule has 3 nitrogen and oxygen atoms in total. The van der Waals surface area contributed by atoms with Gasteiger partial charge in [-0.1, -0.05) is 32.9 Å². The molecule has 0 aliphatic carbocycles. The third-order valence-electron chi connectivity index (χ3n) is 3.35. The lowest BCUT2D eigenvalue weighted by molar-refractivity contribution is -0.125. The first-order valence-corrected chi connectivity index (χ1v) is 6.05. The zero-order valence-corrected chi connectivity index (χ0v) is 11.1. The van der Waals surface area contributed by atoms with E-state index in [0.717, 1.165) is 16.8 Å². The van der Waals surface area contributed by atoms with Crippen LogP contribution in [-0.2, 0) is 11.3 Å². The largest absolute Gasteiger partial charge is 0.399 e. The van der Waals surface area contributed by atoms with E-state index in [-0.39, 0.29) is 11.8 Å². The summed E-state index contributed by atoms with van der Waals surface area (Å²) in [6.45, 7) is 8.58. The fourth-order valence-corrected chi connectivity index (χ4v) is 1.54. The van der Waals surface area contributed by atoms with E-state index in [1.54, 1.807) is 0 Å². The van der Waals surface area contributed by atoms with E-state index in [1.807, 2.05) is 32.0 Å². The van der Waals surface area contributed by atoms with Crippen LogP contribution >= 0.6 is 0 Å². The summed E-state index contributed by atoms with van der Waals surface area (Å²) in [7, 11) is 0. The molecule has 1 amide bonds. The van der Waals surface area contributed by atoms with Gasteiger partial charge in [-0.2, -0.15) is 0 Å². The molecule has 3 N–H and O–H groups in total. The van der Waals surface area contributed by atoms with E-state index < -0.39 is 0 Å². The summed E-state index contributed by atoms with van der Waals surface area (Å²) in [4.78, 5) is 11.8. The topological polar surface area (TPSA) is 55.1 Å². The molecule has 0 aliphatic heterocycles. The Balaban J connectivity index is 2.62. The lowest BCUT2D eigenvalue weighted by atomic mass is 9.97. The molecule has 0 aromatic heterocycles. The minimum Gasteiger partial charge on any atom is -0.399 e. The molecule has 0 saturated heterocycles. The van der Waals surface area contributed by atoms with Crippen molar-refractivity contribution in [2.24, 2.45) is 11.8 Å². The number of nitrogens with one attached hydrogen (secondary N) is 1. The number of anilines is 1. The number of amides is 1. The highest BCUT2D eigenvalue weighted by atomic mass is 16.1. The van der Waals surface area contributed by atoms with Crippen molar-refractivity contribution in [2.45, 2.75) is 34.2 Å². The van der Waals surface area contributed by atoms with Gasteiger partial charge >= 0.3 is 0 Å². The maximum atomic E-state index is 11.8. The van der Waals surface area contributed by atoms with Gasteiger partial charge in [0, 0.05) is 18.2 Å². The Labute approximate surface area is 103 Å². The van der Waals surface area contributed by atoms with Crippen LogP contribution in [0.1, 0.15) is 31.9 Å². The molecule has 1 aromatic carbocycles. The van der Waals surface area contributed by atoms with Crippen molar-refractivity contribution >= 4 is 11.6 Å². The predicted molar refractivity (Wildman–Crippen MR) is 71.4 cm³/mol. The summed E-state index contributed by atoms with van der Waals surface area (Å²) >= 11 is 0. The van der Waals surface area contributed by atoms with Crippen molar-refractivity contribution in [1.82, 2.24) is 5.32 Å². The molecule has 1 unspecified atom stereocenters. The van der Waals surface area contributed by atoms with Crippen LogP contribution in [0.3, 0.4) is 0 Å². The van der Waals surface area contributed by atoms with Crippen molar-refractivity contribution < 1.29 is 4.79 Å². The van der Waals surface area contributed by atoms with Gasteiger partial charge in [-0.05, 0) is 30.0 Å². The molecule has 0 bridgehead atoms. The molecule has 1 rings (SSSR count). The number of nitrogens with two attached hydrogens (primary N) is 1. The van der Waals surface area contributed by atoms with E-state index in [2.05, 4.69) is 19.2 Å². The first kappa shape index (κ1) is 13.6. The maximum absolute atomic E-state index is 11.8. The molecule has 0 aliphatic rings. The van der Waals surface area contributed by atoms with Gasteiger partial charge in [0.1, 0.15) is 0 Å². The lowest BCUT2D eigenvalue weighted by Crippen LogP contribution is -2.31. The second kappa shape index (κ2) is 5.71. The SMILES string of the molecule is Cc1c(N)cccc1CNC(=O)C(C)C(C)C. The average molecular weight is 234 g/mol. The summed E-state index contributed by atoms with van der Waals surface area (Å²) in [5.74, 6) is 0.495. The van der Waals surface area contributed by atoms with Gasteiger partial charge in [0.2, 0.25) is 5.91 Å². The van der Waals surface area contributed by atoms with Crippen molar-refractivity contribution in [3.8, 4) is 0 Å². The molecule has 0 heterocycles. The Morgan fingerprint density at radius 2 is 2.00 bits per heavy atom. The number of carbonyl (C=O) groups is 1. The zero-order chi connectivity index (χ0) is 13.0. The normalized spacial score (nSPS) is 12.5. The van der Waals surface area contributed by atoms with Gasteiger partial charge in [-0.15, -0.1) is 0 Å². The van der Waals surface area contributed by atoms with Crippen molar-refractivity contribution in [1.29, 1.82) is 0 Å². The number of rotatable bonds is 4. The Morgan fingerprint density at radius 3 is 2.59 bits per heavy atom. The minimum absolute atomic E-state index is 0.0383. The van der Waals surface area contributed by atoms with Crippen molar-refractivity contribution in [2.75, 3.05) is 5.73 Å². The summed E-state index contributed by atoms with van der Waals surface area (Å²) in [5.41, 5.74) is 8.72. The third-order valence-corrected chi connectivity index (χ3v) is 3.35. The van der Waals surface area contributed by atoms with Gasteiger partial charge in [0.15, 0.2) is 0 Å². The van der Waals surface area contributed by atoms with Crippen LogP contribution in [0.2, 0.25) is 0 Å². The van der Waals surface area contributed by atoms with Crippen molar-refractivity contribution in [3.63, 3.8) is 0 Å². The van der Waals surface area contributed by atoms with Crippen LogP contribution in [0.25, 0.3) is 0 Å². The number of benzene rings is 1. The van der Waals surface area contributed by atoms with E-state index in [4.69, 9.17) is 5.73 Å². The molecule has 3 heteroatoms. The first-order valence-electron chi connectivity index (χ1n) is 6.05. The van der Waals surface area contributed by atoms with E-state index >= 15 is 0 Å². The third kappa shape index (κ3) is 3.48. The first-order chi connectivity index (χ1) is 7.93. The fourth-order valence-electron chi connectivity index (χ4n) is 1.54. The summed E-state index contributed by atoms with van der Waals surface area (Å²) in [5, 5.41) is 2.95. The van der Waals surface area contributed by atoms with E-state index in [0.29, 0.717) is 12.5 Å². The monoisotopic (exact) mass is 234 g/mol. The molecule has 0 fully saturated rings. The van der Waals surface area contributed by atoms with Gasteiger partial charge in [0.05, 0.1) is 0 Å². The zero-order valence-electron chi connectivity index (χ0n) is 11.1. The average Bonchev–Trinajstić information content (AvgIpc) is 2.29. The minimum atomic E-state index is 0.0383. The summed E-state index contributed by atoms with van der Waals surface area (Å²) < 4.78 is 0. The quantitative estimate of drug-likeness (QED) is 0.786. The van der Waals surface area contributed by atoms with Crippen molar-refractivity contribution in [3.05, 3.63) is 29.3 Å². The second-order valence-electron chi connectivity index (χ2n) is 4.88. The number of nitrogen functional groups attached to an aromatic ring is 1. The highest BCUT2D eigenvalue weighted by molar-refractivity contribution is 5.78. The summed E-state index contributed by atoms with van der Waals surface area (Å²) in [6, 6.07) is 5.78. The molecular formula is C14H22N2O. The summed E-state index contributed by atoms with van der Waals surface area (Å²) in [6.07, 6.45) is 0. The highest BCUT2D eigenvalue weighted by Crippen LogP contribution is 2.16. The van der Waals surface area contributed by atoms with Crippen LogP contribution in [0.4, 0.5) is 5.69 Å². The van der Waals surface area contributed by atoms with Crippen LogP contribution in [0, 0.1) is 18.8 Å². The number of hydrogen-bond donors (Lipinski definition) is 2. The molecule has 17 heavy (non-hydrogen) atoms. The lowest BCUT2D eigenvalue weighted by Gasteiger charge is -2.16. The Morgan fingerprint density at radius 1 is 1.35 bits per heavy atom. The predicted octanol–water partition coefficient (Wildman–Crippen LogP) is 2.49.